The molecule has 0 heterocycles. The van der Waals surface area contributed by atoms with Gasteiger partial charge in [0, 0.05) is 31.1 Å². The van der Waals surface area contributed by atoms with Crippen LogP contribution in [0.1, 0.15) is 149 Å². The highest BCUT2D eigenvalue weighted by Crippen LogP contribution is 2.43. The molecule has 1 aliphatic rings. The molecule has 3 N–H and O–H groups in total. The molecule has 0 saturated heterocycles. The minimum absolute atomic E-state index is 0.0230. The third-order valence-corrected chi connectivity index (χ3v) is 11.4. The minimum Gasteiger partial charge on any atom is -0.462 e. The molecule has 0 aliphatic heterocycles. The van der Waals surface area contributed by atoms with Crippen molar-refractivity contribution in [2.24, 2.45) is 11.8 Å². The number of Topliss-reactive ketones (excluding diaryl/α,β-unsaturated/α-hetero) is 1. The lowest BCUT2D eigenvalue weighted by molar-refractivity contribution is -0.870. The van der Waals surface area contributed by atoms with Crippen molar-refractivity contribution in [1.82, 2.24) is 0 Å². The quantitative estimate of drug-likeness (QED) is 0.0179. The van der Waals surface area contributed by atoms with E-state index in [1.807, 2.05) is 33.3 Å². The number of ether oxygens (including phenoxy) is 2. The summed E-state index contributed by atoms with van der Waals surface area (Å²) >= 11 is 0. The topological polar surface area (TPSA) is 166 Å². The van der Waals surface area contributed by atoms with Crippen molar-refractivity contribution < 1.29 is 57.1 Å². The van der Waals surface area contributed by atoms with E-state index in [4.69, 9.17) is 18.5 Å². The van der Waals surface area contributed by atoms with Gasteiger partial charge in [-0.2, -0.15) is 0 Å². The second kappa shape index (κ2) is 34.7. The predicted molar refractivity (Wildman–Crippen MR) is 243 cm³/mol. The zero-order chi connectivity index (χ0) is 45.2. The zero-order valence-electron chi connectivity index (χ0n) is 38.3. The number of phosphoric acid groups is 1. The Morgan fingerprint density at radius 2 is 1.36 bits per heavy atom. The lowest BCUT2D eigenvalue weighted by Crippen LogP contribution is -2.37. The number of hydrogen-bond acceptors (Lipinski definition) is 10. The fraction of sp³-hybridized carbons (Fsp3) is 0.729. The molecule has 61 heavy (non-hydrogen) atoms. The summed E-state index contributed by atoms with van der Waals surface area (Å²) in [7, 11) is 1.29. The molecule has 350 valence electrons. The lowest BCUT2D eigenvalue weighted by atomic mass is 9.90. The van der Waals surface area contributed by atoms with Gasteiger partial charge < -0.3 is 29.1 Å². The van der Waals surface area contributed by atoms with Crippen molar-refractivity contribution in [3.63, 3.8) is 0 Å². The highest BCUT2D eigenvalue weighted by atomic mass is 31.2. The Morgan fingerprint density at radius 3 is 2.03 bits per heavy atom. The molecule has 1 unspecified atom stereocenters. The van der Waals surface area contributed by atoms with E-state index in [-0.39, 0.29) is 44.2 Å². The highest BCUT2D eigenvalue weighted by molar-refractivity contribution is 7.47. The third-order valence-electron chi connectivity index (χ3n) is 10.4. The van der Waals surface area contributed by atoms with Gasteiger partial charge in [0.05, 0.1) is 40.0 Å². The van der Waals surface area contributed by atoms with Gasteiger partial charge in [-0.3, -0.25) is 23.4 Å². The molecule has 1 rings (SSSR count). The van der Waals surface area contributed by atoms with Crippen LogP contribution in [0, 0.1) is 11.8 Å². The number of ketones is 1. The summed E-state index contributed by atoms with van der Waals surface area (Å²) in [5, 5.41) is 20.8. The maximum Gasteiger partial charge on any atom is 0.472 e. The molecule has 6 atom stereocenters. The Kier molecular flexibility index (Phi) is 32.1. The first-order chi connectivity index (χ1) is 29.2. The summed E-state index contributed by atoms with van der Waals surface area (Å²) in [6, 6.07) is 0. The fourth-order valence-electron chi connectivity index (χ4n) is 6.65. The molecule has 0 bridgehead atoms. The van der Waals surface area contributed by atoms with Crippen LogP contribution in [-0.2, 0) is 37.5 Å². The zero-order valence-corrected chi connectivity index (χ0v) is 39.2. The van der Waals surface area contributed by atoms with E-state index in [1.54, 1.807) is 12.2 Å². The van der Waals surface area contributed by atoms with Gasteiger partial charge >= 0.3 is 19.8 Å². The van der Waals surface area contributed by atoms with Gasteiger partial charge in [-0.1, -0.05) is 120 Å². The van der Waals surface area contributed by atoms with Gasteiger partial charge in [-0.25, -0.2) is 4.57 Å². The van der Waals surface area contributed by atoms with Crippen LogP contribution >= 0.6 is 7.82 Å². The molecule has 13 heteroatoms. The first-order valence-electron chi connectivity index (χ1n) is 23.1. The standard InChI is InChI=1S/C48H82NO11P/c1-6-8-10-11-12-13-14-15-16-17-18-19-20-21-22-23-28-32-47(53)57-39-42(40-59-61(55,56)58-37-36-49(3,4)5)60-48(54)33-29-25-24-27-31-43-44(46(52)38-45(43)51)35-34-41(50)30-26-9-7-2/h12-13,15-16,18-19,24,27,34-35,41-45,50-51H,6-11,14,17,20-23,25-26,28-33,36-40H2,1-5H3/p+1/b13-12-,16-15-,19-18-,27-24-,35-34+/t41-,42+,43+,44+,45-/m0/s1. The Balaban J connectivity index is 2.52. The van der Waals surface area contributed by atoms with Crippen LogP contribution in [0.5, 0.6) is 0 Å². The molecule has 0 amide bonds. The Bertz CT molecular complexity index is 1390. The van der Waals surface area contributed by atoms with Crippen LogP contribution in [0.3, 0.4) is 0 Å². The number of hydrogen-bond donors (Lipinski definition) is 3. The smallest absolute Gasteiger partial charge is 0.462 e. The number of nitrogens with zero attached hydrogens (tertiary/aromatic N) is 1. The van der Waals surface area contributed by atoms with Gasteiger partial charge in [-0.05, 0) is 70.6 Å². The first kappa shape index (κ1) is 56.3. The molecule has 1 saturated carbocycles. The monoisotopic (exact) mass is 881 g/mol. The molecule has 0 aromatic heterocycles. The van der Waals surface area contributed by atoms with Crippen molar-refractivity contribution >= 4 is 25.5 Å². The van der Waals surface area contributed by atoms with E-state index in [2.05, 4.69) is 50.3 Å². The van der Waals surface area contributed by atoms with E-state index < -0.39 is 50.6 Å². The molecular formula is C48H83NO11P+. The van der Waals surface area contributed by atoms with Gasteiger partial charge in [0.25, 0.3) is 0 Å². The average molecular weight is 881 g/mol. The summed E-state index contributed by atoms with van der Waals surface area (Å²) in [4.78, 5) is 48.1. The van der Waals surface area contributed by atoms with Crippen LogP contribution in [0.25, 0.3) is 0 Å². The number of quaternary nitrogens is 1. The maximum atomic E-state index is 12.8. The molecule has 0 aromatic carbocycles. The average Bonchev–Trinajstić information content (AvgIpc) is 3.47. The highest BCUT2D eigenvalue weighted by Gasteiger charge is 2.39. The van der Waals surface area contributed by atoms with Gasteiger partial charge in [0.1, 0.15) is 25.5 Å². The van der Waals surface area contributed by atoms with E-state index in [0.717, 1.165) is 64.2 Å². The summed E-state index contributed by atoms with van der Waals surface area (Å²) in [5.41, 5.74) is 0. The van der Waals surface area contributed by atoms with Crippen LogP contribution in [0.15, 0.2) is 60.8 Å². The van der Waals surface area contributed by atoms with Crippen molar-refractivity contribution in [1.29, 1.82) is 0 Å². The van der Waals surface area contributed by atoms with E-state index in [1.165, 1.54) is 19.3 Å². The predicted octanol–water partition coefficient (Wildman–Crippen LogP) is 9.83. The number of likely N-dealkylation sites (N-methyl/N-ethyl adjacent to an activating group) is 1. The maximum absolute atomic E-state index is 12.8. The minimum atomic E-state index is -4.46. The van der Waals surface area contributed by atoms with Crippen LogP contribution in [0.4, 0.5) is 0 Å². The Labute approximate surface area is 368 Å². The summed E-state index contributed by atoms with van der Waals surface area (Å²) in [6.45, 7) is 3.93. The second-order valence-electron chi connectivity index (χ2n) is 17.2. The second-order valence-corrected chi connectivity index (χ2v) is 18.7. The van der Waals surface area contributed by atoms with Crippen molar-refractivity contribution in [2.75, 3.05) is 47.5 Å². The first-order valence-corrected chi connectivity index (χ1v) is 24.6. The number of unbranched alkanes of at least 4 members (excludes halogenated alkanes) is 10. The summed E-state index contributed by atoms with van der Waals surface area (Å²) in [5.74, 6) is -1.79. The largest absolute Gasteiger partial charge is 0.472 e. The van der Waals surface area contributed by atoms with Crippen LogP contribution < -0.4 is 0 Å². The molecule has 0 spiro atoms. The SMILES string of the molecule is CCCCC/C=C\C/C=C\C/C=C\CCCCCCC(=O)OC[C@H](COP(=O)(O)OCC[N+](C)(C)C)OC(=O)CCC/C=C\C[C@H]1[C@@H](O)CC(=O)[C@@H]1/C=C/[C@@H](O)CCCCC. The number of esters is 2. The van der Waals surface area contributed by atoms with Gasteiger partial charge in [-0.15, -0.1) is 0 Å². The molecule has 0 radical (unpaired) electrons. The van der Waals surface area contributed by atoms with Gasteiger partial charge in [0.15, 0.2) is 6.10 Å². The molecular weight excluding hydrogens is 797 g/mol. The number of aliphatic hydroxyl groups excluding tert-OH is 2. The van der Waals surface area contributed by atoms with Crippen LogP contribution in [0.2, 0.25) is 0 Å². The summed E-state index contributed by atoms with van der Waals surface area (Å²) in [6.07, 6.45) is 34.9. The fourth-order valence-corrected chi connectivity index (χ4v) is 7.39. The van der Waals surface area contributed by atoms with Crippen molar-refractivity contribution in [3.8, 4) is 0 Å². The molecule has 0 aromatic rings. The molecule has 12 nitrogen and oxygen atoms in total. The number of rotatable bonds is 37. The third kappa shape index (κ3) is 31.7. The summed E-state index contributed by atoms with van der Waals surface area (Å²) < 4.78 is 34.2. The van der Waals surface area contributed by atoms with Gasteiger partial charge in [0.2, 0.25) is 0 Å². The number of carbonyl (C=O) groups is 3. The number of aliphatic hydroxyl groups is 2. The van der Waals surface area contributed by atoms with Crippen LogP contribution in [-0.4, -0.2) is 103 Å². The van der Waals surface area contributed by atoms with Crippen molar-refractivity contribution in [3.05, 3.63) is 60.8 Å². The van der Waals surface area contributed by atoms with E-state index >= 15 is 0 Å². The molecule has 1 fully saturated rings. The molecule has 1 aliphatic carbocycles. The lowest BCUT2D eigenvalue weighted by Gasteiger charge is -2.24. The van der Waals surface area contributed by atoms with E-state index in [9.17, 15) is 34.1 Å². The normalized spacial score (nSPS) is 19.5. The number of carbonyl (C=O) groups excluding carboxylic acids is 3. The number of phosphoric ester groups is 1. The Morgan fingerprint density at radius 1 is 0.770 bits per heavy atom. The van der Waals surface area contributed by atoms with Crippen molar-refractivity contribution in [2.45, 2.75) is 167 Å². The Hall–Kier alpha value is -2.70. The number of allylic oxidation sites excluding steroid dienone is 9. The van der Waals surface area contributed by atoms with E-state index in [0.29, 0.717) is 43.1 Å².